The number of carbonyl (C=O) groups is 2. The summed E-state index contributed by atoms with van der Waals surface area (Å²) in [6, 6.07) is 19.0. The molecule has 9 nitrogen and oxygen atoms in total. The number of methoxy groups -OCH3 is 3. The molecule has 0 bridgehead atoms. The molecular weight excluding hydrogens is 476 g/mol. The van der Waals surface area contributed by atoms with Crippen molar-refractivity contribution in [2.24, 2.45) is 5.92 Å². The van der Waals surface area contributed by atoms with Crippen LogP contribution in [0.15, 0.2) is 66.7 Å². The summed E-state index contributed by atoms with van der Waals surface area (Å²) < 4.78 is 22.3. The number of anilines is 2. The zero-order valence-corrected chi connectivity index (χ0v) is 21.0. The molecular formula is C28H28N2O7. The van der Waals surface area contributed by atoms with E-state index in [2.05, 4.69) is 0 Å². The lowest BCUT2D eigenvalue weighted by Crippen LogP contribution is -2.37. The zero-order chi connectivity index (χ0) is 26.1. The molecule has 3 aromatic rings. The Morgan fingerprint density at radius 3 is 2.14 bits per heavy atom. The van der Waals surface area contributed by atoms with Crippen LogP contribution in [0, 0.1) is 5.92 Å². The number of imide groups is 1. The summed E-state index contributed by atoms with van der Waals surface area (Å²) in [5.74, 6) is 0.346. The third-order valence-corrected chi connectivity index (χ3v) is 6.57. The van der Waals surface area contributed by atoms with Crippen LogP contribution in [-0.2, 0) is 14.4 Å². The Kier molecular flexibility index (Phi) is 6.62. The first-order chi connectivity index (χ1) is 18.0. The number of para-hydroxylation sites is 1. The fourth-order valence-corrected chi connectivity index (χ4v) is 4.95. The third kappa shape index (κ3) is 4.11. The van der Waals surface area contributed by atoms with E-state index in [1.165, 1.54) is 26.2 Å². The van der Waals surface area contributed by atoms with Crippen molar-refractivity contribution in [2.45, 2.75) is 19.1 Å². The Morgan fingerprint density at radius 1 is 0.784 bits per heavy atom. The van der Waals surface area contributed by atoms with Crippen molar-refractivity contribution in [3.8, 4) is 23.0 Å². The summed E-state index contributed by atoms with van der Waals surface area (Å²) in [6.07, 6.45) is -1.02. The average Bonchev–Trinajstić information content (AvgIpc) is 3.44. The van der Waals surface area contributed by atoms with Crippen molar-refractivity contribution in [3.63, 3.8) is 0 Å². The minimum Gasteiger partial charge on any atom is -0.496 e. The number of hydroxylamine groups is 1. The minimum absolute atomic E-state index is 0.371. The average molecular weight is 505 g/mol. The van der Waals surface area contributed by atoms with E-state index in [4.69, 9.17) is 23.8 Å². The normalized spacial score (nSPS) is 20.7. The van der Waals surface area contributed by atoms with E-state index in [1.807, 2.05) is 37.3 Å². The number of hydrogen-bond acceptors (Lipinski definition) is 8. The van der Waals surface area contributed by atoms with Crippen LogP contribution in [0.3, 0.4) is 0 Å². The van der Waals surface area contributed by atoms with E-state index in [1.54, 1.807) is 41.5 Å². The zero-order valence-electron chi connectivity index (χ0n) is 21.0. The second-order valence-electron chi connectivity index (χ2n) is 8.55. The molecule has 0 aromatic heterocycles. The molecule has 9 heteroatoms. The predicted octanol–water partition coefficient (Wildman–Crippen LogP) is 4.16. The predicted molar refractivity (Wildman–Crippen MR) is 136 cm³/mol. The van der Waals surface area contributed by atoms with E-state index in [9.17, 15) is 9.59 Å². The second kappa shape index (κ2) is 10.0. The van der Waals surface area contributed by atoms with E-state index < -0.39 is 24.0 Å². The number of fused-ring (bicyclic) bond motifs is 1. The monoisotopic (exact) mass is 504 g/mol. The first kappa shape index (κ1) is 24.5. The summed E-state index contributed by atoms with van der Waals surface area (Å²) in [6.45, 7) is 2.34. The molecule has 2 saturated heterocycles. The first-order valence-corrected chi connectivity index (χ1v) is 11.9. The van der Waals surface area contributed by atoms with Crippen LogP contribution in [0.5, 0.6) is 23.0 Å². The number of amides is 2. The molecule has 0 N–H and O–H groups in total. The summed E-state index contributed by atoms with van der Waals surface area (Å²) >= 11 is 0. The van der Waals surface area contributed by atoms with Gasteiger partial charge in [-0.25, -0.2) is 9.96 Å². The molecule has 2 amide bonds. The maximum Gasteiger partial charge on any atom is 0.266 e. The highest BCUT2D eigenvalue weighted by Gasteiger charge is 2.61. The Bertz CT molecular complexity index is 1310. The number of hydrogen-bond donors (Lipinski definition) is 0. The lowest BCUT2D eigenvalue weighted by atomic mass is 9.89. The van der Waals surface area contributed by atoms with Gasteiger partial charge in [-0.05, 0) is 37.3 Å². The van der Waals surface area contributed by atoms with Gasteiger partial charge in [0.05, 0.1) is 39.3 Å². The smallest absolute Gasteiger partial charge is 0.266 e. The molecule has 3 atom stereocenters. The van der Waals surface area contributed by atoms with Crippen LogP contribution < -0.4 is 28.9 Å². The largest absolute Gasteiger partial charge is 0.496 e. The van der Waals surface area contributed by atoms with Crippen molar-refractivity contribution in [2.75, 3.05) is 37.9 Å². The van der Waals surface area contributed by atoms with E-state index >= 15 is 0 Å². The first-order valence-electron chi connectivity index (χ1n) is 11.9. The lowest BCUT2D eigenvalue weighted by Gasteiger charge is -2.30. The molecule has 0 spiro atoms. The van der Waals surface area contributed by atoms with Gasteiger partial charge in [-0.3, -0.25) is 14.4 Å². The highest BCUT2D eigenvalue weighted by Crippen LogP contribution is 2.51. The molecule has 3 aromatic carbocycles. The number of ether oxygens (including phenoxy) is 4. The van der Waals surface area contributed by atoms with Crippen molar-refractivity contribution < 1.29 is 33.4 Å². The van der Waals surface area contributed by atoms with E-state index in [-0.39, 0.29) is 5.91 Å². The standard InChI is InChI=1S/C28H28N2O7/c1-5-36-19-13-9-12-18(14-19)29-27(31)24-25(20-15-22(34-3)23(35-4)16-21(20)33-2)30(37-26(24)28(29)32)17-10-7-6-8-11-17/h6-16,24-26H,5H2,1-4H3/t24-,25-,26+/m0/s1. The Hall–Kier alpha value is -4.24. The lowest BCUT2D eigenvalue weighted by molar-refractivity contribution is -0.126. The fraction of sp³-hybridized carbons (Fsp3) is 0.286. The number of benzene rings is 3. The molecule has 2 fully saturated rings. The SMILES string of the molecule is CCOc1cccc(N2C(=O)[C@@H]3[C@@H](ON(c4ccccc4)[C@H]3c3cc(OC)c(OC)cc3OC)C2=O)c1. The van der Waals surface area contributed by atoms with E-state index in [0.29, 0.717) is 46.5 Å². The van der Waals surface area contributed by atoms with Gasteiger partial charge < -0.3 is 18.9 Å². The second-order valence-corrected chi connectivity index (χ2v) is 8.55. The molecule has 2 aliphatic rings. The number of nitrogens with zero attached hydrogens (tertiary/aromatic N) is 2. The van der Waals surface area contributed by atoms with Gasteiger partial charge >= 0.3 is 0 Å². The Labute approximate surface area is 215 Å². The molecule has 2 aliphatic heterocycles. The number of rotatable bonds is 8. The van der Waals surface area contributed by atoms with Crippen molar-refractivity contribution in [1.82, 2.24) is 0 Å². The van der Waals surface area contributed by atoms with Gasteiger partial charge in [0.2, 0.25) is 5.91 Å². The van der Waals surface area contributed by atoms with Crippen molar-refractivity contribution in [3.05, 3.63) is 72.3 Å². The van der Waals surface area contributed by atoms with Crippen LogP contribution in [0.2, 0.25) is 0 Å². The molecule has 0 saturated carbocycles. The summed E-state index contributed by atoms with van der Waals surface area (Å²) in [5, 5.41) is 1.61. The van der Waals surface area contributed by atoms with Crippen LogP contribution >= 0.6 is 0 Å². The van der Waals surface area contributed by atoms with Gasteiger partial charge in [-0.15, -0.1) is 0 Å². The molecule has 0 unspecified atom stereocenters. The molecule has 2 heterocycles. The van der Waals surface area contributed by atoms with E-state index in [0.717, 1.165) is 0 Å². The Balaban J connectivity index is 1.63. The van der Waals surface area contributed by atoms with Crippen molar-refractivity contribution in [1.29, 1.82) is 0 Å². The summed E-state index contributed by atoms with van der Waals surface area (Å²) in [7, 11) is 4.61. The summed E-state index contributed by atoms with van der Waals surface area (Å²) in [4.78, 5) is 35.0. The van der Waals surface area contributed by atoms with Crippen LogP contribution in [0.25, 0.3) is 0 Å². The van der Waals surface area contributed by atoms with Gasteiger partial charge in [-0.2, -0.15) is 0 Å². The van der Waals surface area contributed by atoms with Gasteiger partial charge in [0, 0.05) is 17.7 Å². The molecule has 0 radical (unpaired) electrons. The van der Waals surface area contributed by atoms with Gasteiger partial charge in [0.1, 0.15) is 23.5 Å². The van der Waals surface area contributed by atoms with Crippen LogP contribution in [0.4, 0.5) is 11.4 Å². The maximum absolute atomic E-state index is 14.0. The fourth-order valence-electron chi connectivity index (χ4n) is 4.95. The van der Waals surface area contributed by atoms with Gasteiger partial charge in [0.25, 0.3) is 5.91 Å². The van der Waals surface area contributed by atoms with Gasteiger partial charge in [-0.1, -0.05) is 24.3 Å². The maximum atomic E-state index is 14.0. The highest BCUT2D eigenvalue weighted by atomic mass is 16.7. The quantitative estimate of drug-likeness (QED) is 0.423. The summed E-state index contributed by atoms with van der Waals surface area (Å²) in [5.41, 5.74) is 1.76. The number of carbonyl (C=O) groups excluding carboxylic acids is 2. The molecule has 192 valence electrons. The topological polar surface area (TPSA) is 86.8 Å². The highest BCUT2D eigenvalue weighted by molar-refractivity contribution is 6.24. The molecule has 0 aliphatic carbocycles. The third-order valence-electron chi connectivity index (χ3n) is 6.57. The van der Waals surface area contributed by atoms with Crippen LogP contribution in [-0.4, -0.2) is 45.9 Å². The molecule has 37 heavy (non-hydrogen) atoms. The molecule has 5 rings (SSSR count). The van der Waals surface area contributed by atoms with Crippen LogP contribution in [0.1, 0.15) is 18.5 Å². The van der Waals surface area contributed by atoms with Crippen molar-refractivity contribution >= 4 is 23.2 Å². The Morgan fingerprint density at radius 2 is 1.46 bits per heavy atom. The van der Waals surface area contributed by atoms with Gasteiger partial charge in [0.15, 0.2) is 17.6 Å². The minimum atomic E-state index is -1.02.